The number of rotatable bonds is 6. The Bertz CT molecular complexity index is 531. The molecule has 0 unspecified atom stereocenters. The highest BCUT2D eigenvalue weighted by atomic mass is 16.2. The topological polar surface area (TPSA) is 35.6 Å². The lowest BCUT2D eigenvalue weighted by atomic mass is 9.69. The summed E-state index contributed by atoms with van der Waals surface area (Å²) in [6.45, 7) is 8.81. The van der Waals surface area contributed by atoms with Crippen molar-refractivity contribution < 1.29 is 4.79 Å². The van der Waals surface area contributed by atoms with Crippen LogP contribution >= 0.6 is 0 Å². The van der Waals surface area contributed by atoms with E-state index >= 15 is 0 Å². The van der Waals surface area contributed by atoms with Crippen molar-refractivity contribution in [2.24, 2.45) is 0 Å². The summed E-state index contributed by atoms with van der Waals surface area (Å²) in [6, 6.07) is 10.8. The van der Waals surface area contributed by atoms with Crippen LogP contribution in [0, 0.1) is 0 Å². The van der Waals surface area contributed by atoms with Gasteiger partial charge in [0.2, 0.25) is 5.91 Å². The van der Waals surface area contributed by atoms with Crippen molar-refractivity contribution in [2.75, 3.05) is 45.8 Å². The number of amides is 1. The van der Waals surface area contributed by atoms with Crippen molar-refractivity contribution in [3.05, 3.63) is 35.9 Å². The summed E-state index contributed by atoms with van der Waals surface area (Å²) in [6.07, 6.45) is 6.23. The van der Waals surface area contributed by atoms with Crippen LogP contribution < -0.4 is 5.32 Å². The van der Waals surface area contributed by atoms with Gasteiger partial charge in [-0.25, -0.2) is 0 Å². The van der Waals surface area contributed by atoms with Crippen LogP contribution in [0.2, 0.25) is 0 Å². The van der Waals surface area contributed by atoms with Crippen LogP contribution in [0.25, 0.3) is 0 Å². The number of nitrogens with zero attached hydrogens (tertiary/aromatic N) is 2. The molecule has 1 saturated heterocycles. The van der Waals surface area contributed by atoms with Gasteiger partial charge in [0, 0.05) is 38.1 Å². The Balaban J connectivity index is 1.54. The van der Waals surface area contributed by atoms with Crippen LogP contribution in [0.5, 0.6) is 0 Å². The summed E-state index contributed by atoms with van der Waals surface area (Å²) in [5.41, 5.74) is 1.53. The van der Waals surface area contributed by atoms with Gasteiger partial charge in [-0.1, -0.05) is 56.5 Å². The molecule has 138 valence electrons. The second-order valence-corrected chi connectivity index (χ2v) is 7.69. The Kier molecular flexibility index (Phi) is 6.49. The molecule has 0 bridgehead atoms. The number of hydrogen-bond donors (Lipinski definition) is 1. The highest BCUT2D eigenvalue weighted by Crippen LogP contribution is 2.38. The third kappa shape index (κ3) is 4.83. The van der Waals surface area contributed by atoms with Crippen LogP contribution in [-0.2, 0) is 10.2 Å². The molecular weight excluding hydrogens is 310 g/mol. The molecule has 1 N–H and O–H groups in total. The molecule has 2 fully saturated rings. The molecule has 1 heterocycles. The molecular formula is C21H33N3O. The summed E-state index contributed by atoms with van der Waals surface area (Å²) < 4.78 is 0. The molecule has 25 heavy (non-hydrogen) atoms. The van der Waals surface area contributed by atoms with Crippen molar-refractivity contribution in [2.45, 2.75) is 44.4 Å². The Morgan fingerprint density at radius 2 is 1.64 bits per heavy atom. The zero-order valence-corrected chi connectivity index (χ0v) is 15.7. The van der Waals surface area contributed by atoms with Crippen molar-refractivity contribution in [3.63, 3.8) is 0 Å². The van der Waals surface area contributed by atoms with Crippen LogP contribution in [0.1, 0.15) is 44.6 Å². The molecule has 3 rings (SSSR count). The molecule has 1 aliphatic heterocycles. The predicted octanol–water partition coefficient (Wildman–Crippen LogP) is 2.64. The van der Waals surface area contributed by atoms with E-state index in [1.54, 1.807) is 0 Å². The van der Waals surface area contributed by atoms with Crippen molar-refractivity contribution in [1.29, 1.82) is 0 Å². The van der Waals surface area contributed by atoms with E-state index in [2.05, 4.69) is 52.4 Å². The Morgan fingerprint density at radius 1 is 1.00 bits per heavy atom. The number of piperazine rings is 1. The highest BCUT2D eigenvalue weighted by Gasteiger charge is 2.34. The standard InChI is InChI=1S/C21H33N3O/c1-2-23-13-15-24(16-14-23)17-20(25)22-18-21(11-7-4-8-12-21)19-9-5-3-6-10-19/h3,5-6,9-10H,2,4,7-8,11-18H2,1H3,(H,22,25). The maximum absolute atomic E-state index is 12.5. The zero-order valence-electron chi connectivity index (χ0n) is 15.7. The van der Waals surface area contributed by atoms with E-state index in [-0.39, 0.29) is 11.3 Å². The highest BCUT2D eigenvalue weighted by molar-refractivity contribution is 5.78. The molecule has 1 aromatic rings. The number of carbonyl (C=O) groups excluding carboxylic acids is 1. The maximum Gasteiger partial charge on any atom is 0.234 e. The molecule has 0 radical (unpaired) electrons. The fraction of sp³-hybridized carbons (Fsp3) is 0.667. The predicted molar refractivity (Wildman–Crippen MR) is 103 cm³/mol. The van der Waals surface area contributed by atoms with Crippen LogP contribution in [0.15, 0.2) is 30.3 Å². The first kappa shape index (κ1) is 18.4. The molecule has 0 aromatic heterocycles. The number of benzene rings is 1. The monoisotopic (exact) mass is 343 g/mol. The maximum atomic E-state index is 12.5. The van der Waals surface area contributed by atoms with Crippen molar-refractivity contribution >= 4 is 5.91 Å². The number of carbonyl (C=O) groups is 1. The molecule has 1 aliphatic carbocycles. The van der Waals surface area contributed by atoms with Crippen molar-refractivity contribution in [1.82, 2.24) is 15.1 Å². The number of hydrogen-bond acceptors (Lipinski definition) is 3. The Hall–Kier alpha value is -1.39. The average Bonchev–Trinajstić information content (AvgIpc) is 2.68. The fourth-order valence-corrected chi connectivity index (χ4v) is 4.38. The summed E-state index contributed by atoms with van der Waals surface area (Å²) in [7, 11) is 0. The second-order valence-electron chi connectivity index (χ2n) is 7.69. The molecule has 2 aliphatic rings. The first-order valence-electron chi connectivity index (χ1n) is 9.99. The van der Waals surface area contributed by atoms with Gasteiger partial charge in [0.1, 0.15) is 0 Å². The normalized spacial score (nSPS) is 21.8. The van der Waals surface area contributed by atoms with E-state index in [0.717, 1.165) is 39.3 Å². The third-order valence-corrected chi connectivity index (χ3v) is 6.10. The van der Waals surface area contributed by atoms with Gasteiger partial charge in [-0.15, -0.1) is 0 Å². The lowest BCUT2D eigenvalue weighted by Gasteiger charge is -2.38. The molecule has 4 heteroatoms. The van der Waals surface area contributed by atoms with Gasteiger partial charge >= 0.3 is 0 Å². The van der Waals surface area contributed by atoms with E-state index in [4.69, 9.17) is 0 Å². The molecule has 1 aromatic carbocycles. The van der Waals surface area contributed by atoms with Gasteiger partial charge in [0.15, 0.2) is 0 Å². The fourth-order valence-electron chi connectivity index (χ4n) is 4.38. The second kappa shape index (κ2) is 8.81. The lowest BCUT2D eigenvalue weighted by molar-refractivity contribution is -0.123. The van der Waals surface area contributed by atoms with E-state index in [0.29, 0.717) is 6.54 Å². The van der Waals surface area contributed by atoms with Gasteiger partial charge in [-0.05, 0) is 24.9 Å². The zero-order chi connectivity index (χ0) is 17.5. The number of likely N-dealkylation sites (N-methyl/N-ethyl adjacent to an activating group) is 1. The molecule has 0 spiro atoms. The van der Waals surface area contributed by atoms with Crippen LogP contribution in [-0.4, -0.2) is 61.5 Å². The summed E-state index contributed by atoms with van der Waals surface area (Å²) >= 11 is 0. The van der Waals surface area contributed by atoms with E-state index < -0.39 is 0 Å². The smallest absolute Gasteiger partial charge is 0.234 e. The minimum absolute atomic E-state index is 0.135. The first-order chi connectivity index (χ1) is 12.2. The molecule has 0 atom stereocenters. The first-order valence-corrected chi connectivity index (χ1v) is 9.99. The van der Waals surface area contributed by atoms with E-state index in [1.165, 1.54) is 37.7 Å². The SMILES string of the molecule is CCN1CCN(CC(=O)NCC2(c3ccccc3)CCCCC2)CC1. The average molecular weight is 344 g/mol. The summed E-state index contributed by atoms with van der Waals surface area (Å²) in [4.78, 5) is 17.2. The Morgan fingerprint density at radius 3 is 2.28 bits per heavy atom. The molecule has 1 amide bonds. The molecule has 4 nitrogen and oxygen atoms in total. The summed E-state index contributed by atoms with van der Waals surface area (Å²) in [5, 5.41) is 3.27. The van der Waals surface area contributed by atoms with Crippen LogP contribution in [0.3, 0.4) is 0 Å². The molecule has 1 saturated carbocycles. The Labute approximate surface area is 152 Å². The van der Waals surface area contributed by atoms with Gasteiger partial charge in [0.25, 0.3) is 0 Å². The number of nitrogens with one attached hydrogen (secondary N) is 1. The van der Waals surface area contributed by atoms with Gasteiger partial charge in [-0.2, -0.15) is 0 Å². The quantitative estimate of drug-likeness (QED) is 0.862. The third-order valence-electron chi connectivity index (χ3n) is 6.10. The van der Waals surface area contributed by atoms with Gasteiger partial charge in [-0.3, -0.25) is 9.69 Å². The van der Waals surface area contributed by atoms with Gasteiger partial charge < -0.3 is 10.2 Å². The minimum atomic E-state index is 0.135. The largest absolute Gasteiger partial charge is 0.354 e. The van der Waals surface area contributed by atoms with E-state index in [1.807, 2.05) is 0 Å². The van der Waals surface area contributed by atoms with Gasteiger partial charge in [0.05, 0.1) is 6.54 Å². The van der Waals surface area contributed by atoms with Crippen molar-refractivity contribution in [3.8, 4) is 0 Å². The van der Waals surface area contributed by atoms with Crippen LogP contribution in [0.4, 0.5) is 0 Å². The lowest BCUT2D eigenvalue weighted by Crippen LogP contribution is -2.50. The van der Waals surface area contributed by atoms with E-state index in [9.17, 15) is 4.79 Å². The minimum Gasteiger partial charge on any atom is -0.354 e. The summed E-state index contributed by atoms with van der Waals surface area (Å²) in [5.74, 6) is 0.186.